The van der Waals surface area contributed by atoms with Crippen LogP contribution in [-0.4, -0.2) is 15.7 Å². The Kier molecular flexibility index (Phi) is 4.19. The highest BCUT2D eigenvalue weighted by atomic mass is 35.5. The van der Waals surface area contributed by atoms with Gasteiger partial charge in [0.25, 0.3) is 0 Å². The highest BCUT2D eigenvalue weighted by Crippen LogP contribution is 2.24. The Morgan fingerprint density at radius 2 is 2.10 bits per heavy atom. The second-order valence-corrected chi connectivity index (χ2v) is 4.61. The zero-order chi connectivity index (χ0) is 14.8. The summed E-state index contributed by atoms with van der Waals surface area (Å²) in [5.41, 5.74) is 1.71. The highest BCUT2D eigenvalue weighted by Gasteiger charge is 2.26. The van der Waals surface area contributed by atoms with Crippen LogP contribution in [0.3, 0.4) is 0 Å². The average molecular weight is 302 g/mol. The molecule has 0 saturated heterocycles. The van der Waals surface area contributed by atoms with Gasteiger partial charge < -0.3 is 4.57 Å². The number of aryl methyl sites for hydroxylation is 1. The number of fused-ring (bicyclic) bond motifs is 1. The zero-order valence-corrected chi connectivity index (χ0v) is 11.2. The molecule has 0 radical (unpaired) electrons. The minimum absolute atomic E-state index is 0.0460. The van der Waals surface area contributed by atoms with E-state index >= 15 is 0 Å². The van der Waals surface area contributed by atoms with Crippen molar-refractivity contribution in [1.82, 2.24) is 9.55 Å². The summed E-state index contributed by atoms with van der Waals surface area (Å²) in [5, 5.41) is 8.88. The topological polar surface area (TPSA) is 41.6 Å². The maximum Gasteiger partial charge on any atom is 0.389 e. The number of nitriles is 1. The van der Waals surface area contributed by atoms with Crippen molar-refractivity contribution in [2.75, 3.05) is 0 Å². The molecule has 0 saturated carbocycles. The summed E-state index contributed by atoms with van der Waals surface area (Å²) in [7, 11) is 0. The maximum atomic E-state index is 12.2. The third-order valence-corrected chi connectivity index (χ3v) is 3.16. The van der Waals surface area contributed by atoms with Crippen molar-refractivity contribution in [2.45, 2.75) is 31.4 Å². The molecule has 0 aliphatic heterocycles. The fourth-order valence-corrected chi connectivity index (χ4v) is 2.24. The number of rotatable bonds is 4. The van der Waals surface area contributed by atoms with Crippen LogP contribution in [0.1, 0.15) is 24.2 Å². The molecule has 1 aromatic carbocycles. The first-order valence-corrected chi connectivity index (χ1v) is 6.50. The third-order valence-electron chi connectivity index (χ3n) is 2.92. The first-order valence-electron chi connectivity index (χ1n) is 5.96. The quantitative estimate of drug-likeness (QED) is 0.801. The van der Waals surface area contributed by atoms with Crippen LogP contribution < -0.4 is 0 Å². The van der Waals surface area contributed by atoms with Crippen LogP contribution in [0.4, 0.5) is 13.2 Å². The first-order chi connectivity index (χ1) is 9.44. The molecule has 0 amide bonds. The van der Waals surface area contributed by atoms with Crippen molar-refractivity contribution in [3.8, 4) is 6.07 Å². The Morgan fingerprint density at radius 3 is 2.70 bits per heavy atom. The molecule has 0 N–H and O–H groups in total. The van der Waals surface area contributed by atoms with Crippen LogP contribution in [0.25, 0.3) is 11.0 Å². The number of nitrogens with zero attached hydrogens (tertiary/aromatic N) is 3. The molecular weight excluding hydrogens is 291 g/mol. The summed E-state index contributed by atoms with van der Waals surface area (Å²) >= 11 is 5.78. The summed E-state index contributed by atoms with van der Waals surface area (Å²) in [5.74, 6) is 0.627. The number of hydrogen-bond donors (Lipinski definition) is 0. The van der Waals surface area contributed by atoms with E-state index in [4.69, 9.17) is 16.9 Å². The van der Waals surface area contributed by atoms with Crippen molar-refractivity contribution in [3.05, 3.63) is 29.6 Å². The zero-order valence-electron chi connectivity index (χ0n) is 10.4. The minimum Gasteiger partial charge on any atom is -0.327 e. The summed E-state index contributed by atoms with van der Waals surface area (Å²) in [6, 6.07) is 6.91. The number of halogens is 4. The smallest absolute Gasteiger partial charge is 0.327 e. The summed E-state index contributed by atoms with van der Waals surface area (Å²) in [6.45, 7) is 0.174. The van der Waals surface area contributed by atoms with E-state index in [0.29, 0.717) is 22.4 Å². The van der Waals surface area contributed by atoms with E-state index in [0.717, 1.165) is 0 Å². The lowest BCUT2D eigenvalue weighted by molar-refractivity contribution is -0.135. The van der Waals surface area contributed by atoms with Crippen LogP contribution in [0.15, 0.2) is 18.2 Å². The number of aromatic nitrogens is 2. The molecule has 2 aromatic rings. The third kappa shape index (κ3) is 3.23. The molecule has 0 bridgehead atoms. The van der Waals surface area contributed by atoms with E-state index in [9.17, 15) is 13.2 Å². The van der Waals surface area contributed by atoms with Gasteiger partial charge in [-0.2, -0.15) is 18.4 Å². The van der Waals surface area contributed by atoms with E-state index in [1.54, 1.807) is 22.8 Å². The molecule has 1 aromatic heterocycles. The molecule has 2 rings (SSSR count). The Labute approximate surface area is 118 Å². The number of imidazole rings is 1. The Bertz CT molecular complexity index is 655. The molecule has 0 aliphatic carbocycles. The Hall–Kier alpha value is -1.74. The van der Waals surface area contributed by atoms with Gasteiger partial charge in [0, 0.05) is 13.0 Å². The van der Waals surface area contributed by atoms with E-state index in [1.165, 1.54) is 0 Å². The fraction of sp³-hybridized carbons (Fsp3) is 0.385. The Balaban J connectivity index is 2.32. The summed E-state index contributed by atoms with van der Waals surface area (Å²) < 4.78 is 38.3. The van der Waals surface area contributed by atoms with Crippen molar-refractivity contribution < 1.29 is 13.2 Å². The molecule has 0 aliphatic rings. The van der Waals surface area contributed by atoms with Crippen molar-refractivity contribution in [1.29, 1.82) is 5.26 Å². The normalized spacial score (nSPS) is 11.8. The number of benzene rings is 1. The van der Waals surface area contributed by atoms with Crippen molar-refractivity contribution in [3.63, 3.8) is 0 Å². The molecule has 7 heteroatoms. The monoisotopic (exact) mass is 301 g/mol. The molecule has 0 fully saturated rings. The van der Waals surface area contributed by atoms with Gasteiger partial charge >= 0.3 is 6.18 Å². The molecule has 0 unspecified atom stereocenters. The molecule has 3 nitrogen and oxygen atoms in total. The van der Waals surface area contributed by atoms with Crippen LogP contribution >= 0.6 is 11.6 Å². The molecule has 0 atom stereocenters. The minimum atomic E-state index is -4.17. The van der Waals surface area contributed by atoms with Crippen LogP contribution in [0.5, 0.6) is 0 Å². The molecule has 1 heterocycles. The van der Waals surface area contributed by atoms with Gasteiger partial charge in [-0.25, -0.2) is 4.98 Å². The van der Waals surface area contributed by atoms with E-state index < -0.39 is 12.6 Å². The van der Waals surface area contributed by atoms with Gasteiger partial charge in [-0.15, -0.1) is 11.6 Å². The predicted molar refractivity (Wildman–Crippen MR) is 69.3 cm³/mol. The van der Waals surface area contributed by atoms with Gasteiger partial charge in [-0.05, 0) is 24.6 Å². The number of hydrogen-bond acceptors (Lipinski definition) is 2. The standard InChI is InChI=1S/C13H11ClF3N3/c14-7-12-19-10-3-2-9(8-18)6-11(10)20(12)5-1-4-13(15,16)17/h2-3,6H,1,4-5,7H2. The highest BCUT2D eigenvalue weighted by molar-refractivity contribution is 6.16. The van der Waals surface area contributed by atoms with Gasteiger partial charge in [0.05, 0.1) is 28.5 Å². The molecular formula is C13H11ClF3N3. The van der Waals surface area contributed by atoms with Gasteiger partial charge in [-0.1, -0.05) is 0 Å². The predicted octanol–water partition coefficient (Wildman–Crippen LogP) is 3.99. The SMILES string of the molecule is N#Cc1ccc2nc(CCl)n(CCCC(F)(F)F)c2c1. The second kappa shape index (κ2) is 5.71. The van der Waals surface area contributed by atoms with Gasteiger partial charge in [0.1, 0.15) is 5.82 Å². The number of alkyl halides is 4. The van der Waals surface area contributed by atoms with E-state index in [-0.39, 0.29) is 18.8 Å². The van der Waals surface area contributed by atoms with Crippen LogP contribution in [0.2, 0.25) is 0 Å². The summed E-state index contributed by atoms with van der Waals surface area (Å²) in [4.78, 5) is 4.26. The Morgan fingerprint density at radius 1 is 1.35 bits per heavy atom. The van der Waals surface area contributed by atoms with E-state index in [1.807, 2.05) is 6.07 Å². The van der Waals surface area contributed by atoms with Crippen molar-refractivity contribution in [2.24, 2.45) is 0 Å². The van der Waals surface area contributed by atoms with Crippen LogP contribution in [-0.2, 0) is 12.4 Å². The van der Waals surface area contributed by atoms with Crippen molar-refractivity contribution >= 4 is 22.6 Å². The lowest BCUT2D eigenvalue weighted by Crippen LogP contribution is -2.10. The lowest BCUT2D eigenvalue weighted by atomic mass is 10.2. The first kappa shape index (κ1) is 14.7. The average Bonchev–Trinajstić information content (AvgIpc) is 2.74. The van der Waals surface area contributed by atoms with Gasteiger partial charge in [-0.3, -0.25) is 0 Å². The van der Waals surface area contributed by atoms with Gasteiger partial charge in [0.15, 0.2) is 0 Å². The molecule has 20 heavy (non-hydrogen) atoms. The lowest BCUT2D eigenvalue weighted by Gasteiger charge is -2.09. The van der Waals surface area contributed by atoms with Crippen LogP contribution in [0, 0.1) is 11.3 Å². The molecule has 106 valence electrons. The summed E-state index contributed by atoms with van der Waals surface area (Å²) in [6.07, 6.45) is -5.07. The van der Waals surface area contributed by atoms with Gasteiger partial charge in [0.2, 0.25) is 0 Å². The largest absolute Gasteiger partial charge is 0.389 e. The maximum absolute atomic E-state index is 12.2. The second-order valence-electron chi connectivity index (χ2n) is 4.35. The van der Waals surface area contributed by atoms with E-state index in [2.05, 4.69) is 4.98 Å². The fourth-order valence-electron chi connectivity index (χ4n) is 2.03. The molecule has 0 spiro atoms.